The van der Waals surface area contributed by atoms with Gasteiger partial charge in [-0.05, 0) is 12.1 Å². The van der Waals surface area contributed by atoms with Crippen LogP contribution in [0, 0.1) is 5.92 Å². The van der Waals surface area contributed by atoms with E-state index in [0.29, 0.717) is 11.3 Å². The third kappa shape index (κ3) is 3.06. The second-order valence-corrected chi connectivity index (χ2v) is 4.66. The fourth-order valence-electron chi connectivity index (χ4n) is 2.46. The molecule has 0 N–H and O–H groups in total. The van der Waals surface area contributed by atoms with E-state index in [1.807, 2.05) is 0 Å². The molecule has 1 aromatic carbocycles. The van der Waals surface area contributed by atoms with Crippen molar-refractivity contribution >= 4 is 11.8 Å². The molecule has 0 fully saturated rings. The predicted molar refractivity (Wildman–Crippen MR) is 73.1 cm³/mol. The van der Waals surface area contributed by atoms with E-state index < -0.39 is 24.3 Å². The summed E-state index contributed by atoms with van der Waals surface area (Å²) in [4.78, 5) is 24.2. The van der Waals surface area contributed by atoms with Crippen LogP contribution >= 0.6 is 0 Å². The zero-order valence-corrected chi connectivity index (χ0v) is 12.2. The Kier molecular flexibility index (Phi) is 4.93. The van der Waals surface area contributed by atoms with Crippen LogP contribution in [-0.4, -0.2) is 45.5 Å². The van der Waals surface area contributed by atoms with Gasteiger partial charge in [0, 0.05) is 14.2 Å². The van der Waals surface area contributed by atoms with Gasteiger partial charge in [0.15, 0.2) is 12.1 Å². The second kappa shape index (κ2) is 6.69. The summed E-state index contributed by atoms with van der Waals surface area (Å²) in [6.45, 7) is 0. The van der Waals surface area contributed by atoms with E-state index in [2.05, 4.69) is 4.74 Å². The zero-order chi connectivity index (χ0) is 15.4. The number of rotatable bonds is 5. The highest BCUT2D eigenvalue weighted by molar-refractivity contribution is 6.02. The average molecular weight is 294 g/mol. The highest BCUT2D eigenvalue weighted by atomic mass is 16.7. The third-order valence-electron chi connectivity index (χ3n) is 3.49. The molecule has 0 saturated carbocycles. The van der Waals surface area contributed by atoms with E-state index in [4.69, 9.17) is 14.2 Å². The quantitative estimate of drug-likeness (QED) is 0.604. The number of benzene rings is 1. The van der Waals surface area contributed by atoms with Crippen molar-refractivity contribution in [3.63, 3.8) is 0 Å². The maximum absolute atomic E-state index is 12.7. The van der Waals surface area contributed by atoms with Crippen molar-refractivity contribution in [1.82, 2.24) is 0 Å². The third-order valence-corrected chi connectivity index (χ3v) is 3.49. The van der Waals surface area contributed by atoms with Gasteiger partial charge in [-0.3, -0.25) is 9.59 Å². The SMILES string of the molecule is COC(=O)C[C@H]1Oc2ccccc2C(=O)[C@H]1C(OC)OC. The fraction of sp³-hybridized carbons (Fsp3) is 0.467. The second-order valence-electron chi connectivity index (χ2n) is 4.66. The Morgan fingerprint density at radius 2 is 1.90 bits per heavy atom. The van der Waals surface area contributed by atoms with Crippen LogP contribution in [0.4, 0.5) is 0 Å². The van der Waals surface area contributed by atoms with Crippen molar-refractivity contribution in [2.75, 3.05) is 21.3 Å². The van der Waals surface area contributed by atoms with Crippen molar-refractivity contribution in [1.29, 1.82) is 0 Å². The molecule has 0 saturated heterocycles. The number of carbonyl (C=O) groups excluding carboxylic acids is 2. The van der Waals surface area contributed by atoms with Crippen LogP contribution in [0.2, 0.25) is 0 Å². The molecule has 2 rings (SSSR count). The van der Waals surface area contributed by atoms with E-state index in [1.54, 1.807) is 24.3 Å². The molecule has 1 aromatic rings. The van der Waals surface area contributed by atoms with Gasteiger partial charge in [0.2, 0.25) is 0 Å². The summed E-state index contributed by atoms with van der Waals surface area (Å²) in [7, 11) is 4.17. The van der Waals surface area contributed by atoms with Crippen LogP contribution in [0.15, 0.2) is 24.3 Å². The van der Waals surface area contributed by atoms with Crippen molar-refractivity contribution < 1.29 is 28.5 Å². The van der Waals surface area contributed by atoms with Crippen LogP contribution in [0.25, 0.3) is 0 Å². The molecule has 0 radical (unpaired) electrons. The number of methoxy groups -OCH3 is 3. The van der Waals surface area contributed by atoms with E-state index in [9.17, 15) is 9.59 Å². The smallest absolute Gasteiger partial charge is 0.309 e. The molecule has 0 unspecified atom stereocenters. The number of hydrogen-bond acceptors (Lipinski definition) is 6. The van der Waals surface area contributed by atoms with Crippen LogP contribution in [0.5, 0.6) is 5.75 Å². The molecule has 21 heavy (non-hydrogen) atoms. The average Bonchev–Trinajstić information content (AvgIpc) is 2.51. The Hall–Kier alpha value is -1.92. The number of carbonyl (C=O) groups is 2. The first kappa shape index (κ1) is 15.5. The molecule has 0 amide bonds. The first-order chi connectivity index (χ1) is 10.1. The molecule has 1 aliphatic heterocycles. The molecule has 6 heteroatoms. The maximum Gasteiger partial charge on any atom is 0.309 e. The van der Waals surface area contributed by atoms with E-state index in [0.717, 1.165) is 0 Å². The van der Waals surface area contributed by atoms with Crippen LogP contribution in [0.3, 0.4) is 0 Å². The Labute approximate surface area is 122 Å². The molecule has 114 valence electrons. The molecule has 0 aromatic heterocycles. The summed E-state index contributed by atoms with van der Waals surface area (Å²) in [6.07, 6.45) is -1.53. The predicted octanol–water partition coefficient (Wildman–Crippen LogP) is 1.43. The number of ether oxygens (including phenoxy) is 4. The summed E-state index contributed by atoms with van der Waals surface area (Å²) >= 11 is 0. The summed E-state index contributed by atoms with van der Waals surface area (Å²) < 4.78 is 20.8. The lowest BCUT2D eigenvalue weighted by Crippen LogP contribution is -2.47. The number of hydrogen-bond donors (Lipinski definition) is 0. The van der Waals surface area contributed by atoms with Gasteiger partial charge in [-0.2, -0.15) is 0 Å². The number of ketones is 1. The summed E-state index contributed by atoms with van der Waals surface area (Å²) in [5, 5.41) is 0. The monoisotopic (exact) mass is 294 g/mol. The largest absolute Gasteiger partial charge is 0.488 e. The Morgan fingerprint density at radius 1 is 1.24 bits per heavy atom. The van der Waals surface area contributed by atoms with Crippen molar-refractivity contribution in [2.45, 2.75) is 18.8 Å². The van der Waals surface area contributed by atoms with Gasteiger partial charge >= 0.3 is 5.97 Å². The highest BCUT2D eigenvalue weighted by Gasteiger charge is 2.43. The lowest BCUT2D eigenvalue weighted by Gasteiger charge is -2.35. The van der Waals surface area contributed by atoms with Gasteiger partial charge in [-0.25, -0.2) is 0 Å². The van der Waals surface area contributed by atoms with E-state index >= 15 is 0 Å². The minimum absolute atomic E-state index is 0.0511. The lowest BCUT2D eigenvalue weighted by atomic mass is 9.87. The standard InChI is InChI=1S/C15H18O6/c1-18-12(16)8-11-13(15(19-2)20-3)14(17)9-6-4-5-7-10(9)21-11/h4-7,11,13,15H,8H2,1-3H3/t11-,13+/m1/s1. The van der Waals surface area contributed by atoms with E-state index in [1.165, 1.54) is 21.3 Å². The van der Waals surface area contributed by atoms with E-state index in [-0.39, 0.29) is 12.2 Å². The number of Topliss-reactive ketones (excluding diaryl/α,β-unsaturated/α-hetero) is 1. The van der Waals surface area contributed by atoms with Gasteiger partial charge in [-0.1, -0.05) is 12.1 Å². The fourth-order valence-corrected chi connectivity index (χ4v) is 2.46. The van der Waals surface area contributed by atoms with Crippen molar-refractivity contribution in [3.05, 3.63) is 29.8 Å². The van der Waals surface area contributed by atoms with Crippen molar-refractivity contribution in [2.24, 2.45) is 5.92 Å². The van der Waals surface area contributed by atoms with Crippen LogP contribution in [0.1, 0.15) is 16.8 Å². The summed E-state index contributed by atoms with van der Waals surface area (Å²) in [5.74, 6) is -0.893. The molecule has 0 spiro atoms. The van der Waals surface area contributed by atoms with Gasteiger partial charge in [0.25, 0.3) is 0 Å². The molecule has 1 aliphatic rings. The van der Waals surface area contributed by atoms with Gasteiger partial charge in [0.1, 0.15) is 17.8 Å². The molecular weight excluding hydrogens is 276 g/mol. The zero-order valence-electron chi connectivity index (χ0n) is 12.2. The van der Waals surface area contributed by atoms with Gasteiger partial charge in [0.05, 0.1) is 19.1 Å². The minimum Gasteiger partial charge on any atom is -0.488 e. The molecule has 6 nitrogen and oxygen atoms in total. The molecule has 1 heterocycles. The minimum atomic E-state index is -0.791. The van der Waals surface area contributed by atoms with Crippen LogP contribution in [-0.2, 0) is 19.0 Å². The normalized spacial score (nSPS) is 20.9. The number of esters is 1. The van der Waals surface area contributed by atoms with Gasteiger partial charge in [-0.15, -0.1) is 0 Å². The highest BCUT2D eigenvalue weighted by Crippen LogP contribution is 2.34. The Balaban J connectivity index is 2.37. The van der Waals surface area contributed by atoms with Crippen LogP contribution < -0.4 is 4.74 Å². The molecule has 0 aliphatic carbocycles. The summed E-state index contributed by atoms with van der Waals surface area (Å²) in [5.41, 5.74) is 0.461. The van der Waals surface area contributed by atoms with Gasteiger partial charge < -0.3 is 18.9 Å². The maximum atomic E-state index is 12.7. The first-order valence-corrected chi connectivity index (χ1v) is 6.54. The molecular formula is C15H18O6. The molecule has 2 atom stereocenters. The number of para-hydroxylation sites is 1. The van der Waals surface area contributed by atoms with Crippen molar-refractivity contribution in [3.8, 4) is 5.75 Å². The molecule has 0 bridgehead atoms. The first-order valence-electron chi connectivity index (χ1n) is 6.54. The lowest BCUT2D eigenvalue weighted by molar-refractivity contribution is -0.156. The topological polar surface area (TPSA) is 71.1 Å². The number of fused-ring (bicyclic) bond motifs is 1. The summed E-state index contributed by atoms with van der Waals surface area (Å²) in [6, 6.07) is 6.90. The Morgan fingerprint density at radius 3 is 2.52 bits per heavy atom. The Bertz CT molecular complexity index is 523.